The third-order valence-electron chi connectivity index (χ3n) is 6.20. The summed E-state index contributed by atoms with van der Waals surface area (Å²) in [7, 11) is 3.97. The second-order valence-electron chi connectivity index (χ2n) is 8.13. The van der Waals surface area contributed by atoms with E-state index in [1.807, 2.05) is 0 Å². The van der Waals surface area contributed by atoms with Crippen molar-refractivity contribution >= 4 is 5.69 Å². The summed E-state index contributed by atoms with van der Waals surface area (Å²) in [4.78, 5) is 4.98. The molecule has 0 unspecified atom stereocenters. The molecule has 150 valence electrons. The first-order valence-corrected chi connectivity index (χ1v) is 10.6. The zero-order valence-corrected chi connectivity index (χ0v) is 17.1. The summed E-state index contributed by atoms with van der Waals surface area (Å²) in [5, 5.41) is 0. The smallest absolute Gasteiger partial charge is 0.163 e. The second kappa shape index (κ2) is 8.87. The van der Waals surface area contributed by atoms with Gasteiger partial charge in [0, 0.05) is 37.4 Å². The van der Waals surface area contributed by atoms with Crippen LogP contribution in [-0.2, 0) is 6.42 Å². The van der Waals surface area contributed by atoms with Crippen LogP contribution in [0, 0.1) is 0 Å². The highest BCUT2D eigenvalue weighted by molar-refractivity contribution is 5.57. The number of piperazine rings is 1. The van der Waals surface area contributed by atoms with Gasteiger partial charge < -0.3 is 14.4 Å². The van der Waals surface area contributed by atoms with Crippen LogP contribution >= 0.6 is 0 Å². The zero-order chi connectivity index (χ0) is 19.3. The van der Waals surface area contributed by atoms with Crippen LogP contribution < -0.4 is 14.4 Å². The van der Waals surface area contributed by atoms with Crippen molar-refractivity contribution in [3.8, 4) is 11.5 Å². The summed E-state index contributed by atoms with van der Waals surface area (Å²) >= 11 is 0. The normalized spacial score (nSPS) is 21.1. The maximum atomic E-state index is 6.31. The van der Waals surface area contributed by atoms with E-state index < -0.39 is 0 Å². The Morgan fingerprint density at radius 3 is 2.50 bits per heavy atom. The molecule has 1 aliphatic carbocycles. The summed E-state index contributed by atoms with van der Waals surface area (Å²) in [6.45, 7) is 3.14. The van der Waals surface area contributed by atoms with Crippen molar-refractivity contribution in [3.63, 3.8) is 0 Å². The molecule has 0 N–H and O–H groups in total. The van der Waals surface area contributed by atoms with E-state index in [0.717, 1.165) is 50.4 Å². The zero-order valence-electron chi connectivity index (χ0n) is 17.1. The topological polar surface area (TPSA) is 24.9 Å². The van der Waals surface area contributed by atoms with Gasteiger partial charge in [-0.15, -0.1) is 0 Å². The van der Waals surface area contributed by atoms with Gasteiger partial charge in [-0.3, -0.25) is 4.90 Å². The molecule has 1 heterocycles. The molecule has 0 amide bonds. The molecular weight excluding hydrogens is 348 g/mol. The fraction of sp³-hybridized carbons (Fsp3) is 0.500. The van der Waals surface area contributed by atoms with Crippen molar-refractivity contribution in [1.29, 1.82) is 0 Å². The van der Waals surface area contributed by atoms with Crippen LogP contribution in [-0.4, -0.2) is 50.8 Å². The van der Waals surface area contributed by atoms with E-state index in [1.165, 1.54) is 24.1 Å². The minimum Gasteiger partial charge on any atom is -0.493 e. The number of hydrogen-bond acceptors (Lipinski definition) is 4. The number of benzene rings is 2. The summed E-state index contributed by atoms with van der Waals surface area (Å²) in [5.74, 6) is 1.73. The maximum absolute atomic E-state index is 6.31. The molecule has 1 saturated carbocycles. The Morgan fingerprint density at radius 1 is 0.964 bits per heavy atom. The standard InChI is InChI=1S/C24H32N2O2/c1-25-14-15-26(18-21(25)16-19-8-4-3-5-9-19)20-12-13-23(27-2)24(17-20)28-22-10-6-7-11-22/h3-5,8-9,12-13,17,21-22H,6-7,10-11,14-16,18H2,1-2H3/t21-/m0/s1. The lowest BCUT2D eigenvalue weighted by Gasteiger charge is -2.41. The van der Waals surface area contributed by atoms with Gasteiger partial charge in [0.15, 0.2) is 11.5 Å². The van der Waals surface area contributed by atoms with Crippen molar-refractivity contribution in [2.24, 2.45) is 0 Å². The molecule has 4 rings (SSSR count). The third kappa shape index (κ3) is 4.44. The quantitative estimate of drug-likeness (QED) is 0.742. The summed E-state index contributed by atoms with van der Waals surface area (Å²) in [5.41, 5.74) is 2.64. The van der Waals surface area contributed by atoms with Crippen molar-refractivity contribution in [2.75, 3.05) is 38.7 Å². The third-order valence-corrected chi connectivity index (χ3v) is 6.20. The van der Waals surface area contributed by atoms with E-state index in [9.17, 15) is 0 Å². The lowest BCUT2D eigenvalue weighted by Crippen LogP contribution is -2.52. The molecule has 28 heavy (non-hydrogen) atoms. The lowest BCUT2D eigenvalue weighted by molar-refractivity contribution is 0.200. The van der Waals surface area contributed by atoms with Gasteiger partial charge in [-0.05, 0) is 56.8 Å². The van der Waals surface area contributed by atoms with Gasteiger partial charge in [-0.1, -0.05) is 30.3 Å². The fourth-order valence-electron chi connectivity index (χ4n) is 4.43. The van der Waals surface area contributed by atoms with Crippen LogP contribution in [0.3, 0.4) is 0 Å². The Hall–Kier alpha value is -2.20. The van der Waals surface area contributed by atoms with Gasteiger partial charge in [0.05, 0.1) is 13.2 Å². The van der Waals surface area contributed by atoms with Gasteiger partial charge in [-0.25, -0.2) is 0 Å². The minimum absolute atomic E-state index is 0.336. The van der Waals surface area contributed by atoms with E-state index in [4.69, 9.17) is 9.47 Å². The molecule has 0 spiro atoms. The van der Waals surface area contributed by atoms with Crippen LogP contribution in [0.2, 0.25) is 0 Å². The van der Waals surface area contributed by atoms with E-state index in [0.29, 0.717) is 12.1 Å². The first-order chi connectivity index (χ1) is 13.7. The molecule has 0 radical (unpaired) electrons. The van der Waals surface area contributed by atoms with Gasteiger partial charge >= 0.3 is 0 Å². The number of likely N-dealkylation sites (N-methyl/N-ethyl adjacent to an activating group) is 1. The van der Waals surface area contributed by atoms with Crippen LogP contribution in [0.1, 0.15) is 31.2 Å². The largest absolute Gasteiger partial charge is 0.493 e. The molecule has 2 fully saturated rings. The Bertz CT molecular complexity index is 758. The van der Waals surface area contributed by atoms with Gasteiger partial charge in [0.2, 0.25) is 0 Å². The predicted octanol–water partition coefficient (Wildman–Crippen LogP) is 4.38. The number of methoxy groups -OCH3 is 1. The predicted molar refractivity (Wildman–Crippen MR) is 115 cm³/mol. The molecule has 2 aromatic carbocycles. The molecule has 1 aliphatic heterocycles. The van der Waals surface area contributed by atoms with Crippen molar-refractivity contribution in [3.05, 3.63) is 54.1 Å². The molecular formula is C24H32N2O2. The summed E-state index contributed by atoms with van der Waals surface area (Å²) < 4.78 is 11.9. The Labute approximate surface area is 169 Å². The van der Waals surface area contributed by atoms with Gasteiger partial charge in [0.1, 0.15) is 0 Å². The first-order valence-electron chi connectivity index (χ1n) is 10.6. The van der Waals surface area contributed by atoms with Crippen molar-refractivity contribution in [2.45, 2.75) is 44.2 Å². The fourth-order valence-corrected chi connectivity index (χ4v) is 4.43. The Balaban J connectivity index is 1.49. The van der Waals surface area contributed by atoms with E-state index in [-0.39, 0.29) is 0 Å². The van der Waals surface area contributed by atoms with E-state index in [1.54, 1.807) is 7.11 Å². The maximum Gasteiger partial charge on any atom is 0.163 e. The molecule has 1 saturated heterocycles. The first kappa shape index (κ1) is 19.1. The van der Waals surface area contributed by atoms with Crippen LogP contribution in [0.25, 0.3) is 0 Å². The molecule has 4 heteroatoms. The molecule has 0 aromatic heterocycles. The van der Waals surface area contributed by atoms with Crippen LogP contribution in [0.15, 0.2) is 48.5 Å². The van der Waals surface area contributed by atoms with Crippen molar-refractivity contribution < 1.29 is 9.47 Å². The number of hydrogen-bond donors (Lipinski definition) is 0. The molecule has 0 bridgehead atoms. The van der Waals surface area contributed by atoms with Crippen LogP contribution in [0.5, 0.6) is 11.5 Å². The van der Waals surface area contributed by atoms with Gasteiger partial charge in [0.25, 0.3) is 0 Å². The monoisotopic (exact) mass is 380 g/mol. The molecule has 2 aromatic rings. The van der Waals surface area contributed by atoms with E-state index >= 15 is 0 Å². The average Bonchev–Trinajstić information content (AvgIpc) is 3.23. The SMILES string of the molecule is COc1ccc(N2CCN(C)[C@@H](Cc3ccccc3)C2)cc1OC1CCCC1. The highest BCUT2D eigenvalue weighted by Gasteiger charge is 2.26. The molecule has 2 aliphatic rings. The number of anilines is 1. The number of rotatable bonds is 6. The number of nitrogens with zero attached hydrogens (tertiary/aromatic N) is 2. The van der Waals surface area contributed by atoms with Crippen LogP contribution in [0.4, 0.5) is 5.69 Å². The highest BCUT2D eigenvalue weighted by Crippen LogP contribution is 2.35. The van der Waals surface area contributed by atoms with Crippen molar-refractivity contribution in [1.82, 2.24) is 4.90 Å². The van der Waals surface area contributed by atoms with Gasteiger partial charge in [-0.2, -0.15) is 0 Å². The molecule has 4 nitrogen and oxygen atoms in total. The number of ether oxygens (including phenoxy) is 2. The Morgan fingerprint density at radius 2 is 1.75 bits per heavy atom. The second-order valence-corrected chi connectivity index (χ2v) is 8.13. The highest BCUT2D eigenvalue weighted by atomic mass is 16.5. The lowest BCUT2D eigenvalue weighted by atomic mass is 10.0. The minimum atomic E-state index is 0.336. The average molecular weight is 381 g/mol. The Kier molecular flexibility index (Phi) is 6.06. The summed E-state index contributed by atoms with van der Waals surface area (Å²) in [6.07, 6.45) is 6.26. The molecule has 1 atom stereocenters. The van der Waals surface area contributed by atoms with E-state index in [2.05, 4.69) is 65.4 Å². The summed E-state index contributed by atoms with van der Waals surface area (Å²) in [6, 6.07) is 17.7.